The van der Waals surface area contributed by atoms with E-state index in [0.29, 0.717) is 6.54 Å². The van der Waals surface area contributed by atoms with Crippen molar-refractivity contribution in [2.24, 2.45) is 0 Å². The molecule has 2 aromatic heterocycles. The van der Waals surface area contributed by atoms with Crippen molar-refractivity contribution in [3.8, 4) is 0 Å². The first-order valence-electron chi connectivity index (χ1n) is 5.03. The summed E-state index contributed by atoms with van der Waals surface area (Å²) in [4.78, 5) is 27.8. The summed E-state index contributed by atoms with van der Waals surface area (Å²) in [7, 11) is 1.62. The fraction of sp³-hybridized carbons (Fsp3) is 0.182. The lowest BCUT2D eigenvalue weighted by Crippen LogP contribution is -2.26. The molecule has 1 N–H and O–H groups in total. The van der Waals surface area contributed by atoms with Gasteiger partial charge in [-0.2, -0.15) is 0 Å². The second kappa shape index (κ2) is 5.01. The van der Waals surface area contributed by atoms with E-state index >= 15 is 0 Å². The van der Waals surface area contributed by atoms with Crippen LogP contribution in [0.5, 0.6) is 0 Å². The van der Waals surface area contributed by atoms with Gasteiger partial charge >= 0.3 is 5.97 Å². The molecule has 0 bridgehead atoms. The van der Waals surface area contributed by atoms with Gasteiger partial charge in [-0.15, -0.1) is 11.3 Å². The smallest absolute Gasteiger partial charge is 0.355 e. The number of furan rings is 1. The van der Waals surface area contributed by atoms with Gasteiger partial charge in [0.05, 0.1) is 12.5 Å². The largest absolute Gasteiger partial charge is 0.476 e. The minimum absolute atomic E-state index is 0.111. The molecule has 1 amide bonds. The highest BCUT2D eigenvalue weighted by molar-refractivity contribution is 7.11. The molecular formula is C11H10N2O4S. The maximum atomic E-state index is 12.0. The molecule has 0 unspecified atom stereocenters. The molecule has 2 heterocycles. The SMILES string of the molecule is CN(Cc1ccoc1)C(=O)c1nc(C(=O)O)cs1. The van der Waals surface area contributed by atoms with E-state index in [1.165, 1.54) is 16.5 Å². The number of carboxylic acids is 1. The number of hydrogen-bond donors (Lipinski definition) is 1. The summed E-state index contributed by atoms with van der Waals surface area (Å²) in [6, 6.07) is 1.76. The van der Waals surface area contributed by atoms with Crippen LogP contribution in [0.1, 0.15) is 25.9 Å². The lowest BCUT2D eigenvalue weighted by Gasteiger charge is -2.13. The topological polar surface area (TPSA) is 83.6 Å². The average Bonchev–Trinajstić information content (AvgIpc) is 2.98. The highest BCUT2D eigenvalue weighted by atomic mass is 32.1. The van der Waals surface area contributed by atoms with Crippen molar-refractivity contribution < 1.29 is 19.1 Å². The highest BCUT2D eigenvalue weighted by Crippen LogP contribution is 2.13. The summed E-state index contributed by atoms with van der Waals surface area (Å²) in [6.07, 6.45) is 3.08. The molecule has 0 saturated heterocycles. The molecule has 0 aliphatic carbocycles. The Bertz CT molecular complexity index is 561. The lowest BCUT2D eigenvalue weighted by molar-refractivity contribution is 0.0691. The Kier molecular flexibility index (Phi) is 3.42. The molecule has 2 rings (SSSR count). The Morgan fingerprint density at radius 2 is 2.33 bits per heavy atom. The van der Waals surface area contributed by atoms with Crippen molar-refractivity contribution in [3.63, 3.8) is 0 Å². The minimum Gasteiger partial charge on any atom is -0.476 e. The second-order valence-corrected chi connectivity index (χ2v) is 4.49. The van der Waals surface area contributed by atoms with Crippen molar-refractivity contribution in [1.82, 2.24) is 9.88 Å². The molecule has 94 valence electrons. The van der Waals surface area contributed by atoms with Crippen LogP contribution < -0.4 is 0 Å². The summed E-state index contributed by atoms with van der Waals surface area (Å²) in [5, 5.41) is 10.2. The monoisotopic (exact) mass is 266 g/mol. The standard InChI is InChI=1S/C11H10N2O4S/c1-13(4-7-2-3-17-5-7)10(14)9-12-8(6-18-9)11(15)16/h2-3,5-6H,4H2,1H3,(H,15,16). The van der Waals surface area contributed by atoms with Gasteiger partial charge < -0.3 is 14.4 Å². The number of nitrogens with zero attached hydrogens (tertiary/aromatic N) is 2. The quantitative estimate of drug-likeness (QED) is 0.910. The van der Waals surface area contributed by atoms with Gasteiger partial charge in [0.1, 0.15) is 0 Å². The number of carbonyl (C=O) groups excluding carboxylic acids is 1. The zero-order chi connectivity index (χ0) is 13.1. The summed E-state index contributed by atoms with van der Waals surface area (Å²) in [5.74, 6) is -1.45. The van der Waals surface area contributed by atoms with Crippen LogP contribution in [0.4, 0.5) is 0 Å². The molecule has 7 heteroatoms. The second-order valence-electron chi connectivity index (χ2n) is 3.64. The summed E-state index contributed by atoms with van der Waals surface area (Å²) < 4.78 is 4.91. The fourth-order valence-corrected chi connectivity index (χ4v) is 2.15. The molecule has 0 saturated carbocycles. The van der Waals surface area contributed by atoms with Crippen LogP contribution in [0.2, 0.25) is 0 Å². The van der Waals surface area contributed by atoms with Crippen LogP contribution in [0.3, 0.4) is 0 Å². The maximum absolute atomic E-state index is 12.0. The van der Waals surface area contributed by atoms with Gasteiger partial charge in [-0.1, -0.05) is 0 Å². The number of hydrogen-bond acceptors (Lipinski definition) is 5. The van der Waals surface area contributed by atoms with Crippen molar-refractivity contribution >= 4 is 23.2 Å². The number of amides is 1. The number of aromatic nitrogens is 1. The molecule has 0 spiro atoms. The van der Waals surface area contributed by atoms with Crippen molar-refractivity contribution in [3.05, 3.63) is 40.2 Å². The van der Waals surface area contributed by atoms with Crippen LogP contribution in [0.15, 0.2) is 28.4 Å². The van der Waals surface area contributed by atoms with Gasteiger partial charge in [0.2, 0.25) is 0 Å². The summed E-state index contributed by atoms with van der Waals surface area (Å²) in [6.45, 7) is 0.386. The van der Waals surface area contributed by atoms with Crippen LogP contribution in [-0.2, 0) is 6.54 Å². The van der Waals surface area contributed by atoms with E-state index in [4.69, 9.17) is 9.52 Å². The predicted molar refractivity (Wildman–Crippen MR) is 63.6 cm³/mol. The summed E-state index contributed by atoms with van der Waals surface area (Å²) in [5.41, 5.74) is 0.751. The Hall–Kier alpha value is -2.15. The van der Waals surface area contributed by atoms with E-state index < -0.39 is 5.97 Å². The van der Waals surface area contributed by atoms with Crippen LogP contribution in [-0.4, -0.2) is 33.9 Å². The normalized spacial score (nSPS) is 10.3. The molecule has 0 radical (unpaired) electrons. The number of carbonyl (C=O) groups is 2. The van der Waals surface area contributed by atoms with Gasteiger partial charge in [-0.3, -0.25) is 4.79 Å². The van der Waals surface area contributed by atoms with E-state index in [0.717, 1.165) is 16.9 Å². The third-order valence-electron chi connectivity index (χ3n) is 2.25. The number of rotatable bonds is 4. The molecular weight excluding hydrogens is 256 g/mol. The van der Waals surface area contributed by atoms with E-state index in [2.05, 4.69) is 4.98 Å². The average molecular weight is 266 g/mol. The first-order chi connectivity index (χ1) is 8.58. The van der Waals surface area contributed by atoms with Crippen LogP contribution >= 0.6 is 11.3 Å². The van der Waals surface area contributed by atoms with Gasteiger partial charge in [-0.25, -0.2) is 9.78 Å². The van der Waals surface area contributed by atoms with E-state index in [1.807, 2.05) is 0 Å². The Balaban J connectivity index is 2.08. The zero-order valence-electron chi connectivity index (χ0n) is 9.49. The van der Waals surface area contributed by atoms with Gasteiger partial charge in [-0.05, 0) is 6.07 Å². The highest BCUT2D eigenvalue weighted by Gasteiger charge is 2.18. The number of carboxylic acid groups (broad SMARTS) is 1. The molecule has 0 fully saturated rings. The first kappa shape index (κ1) is 12.3. The van der Waals surface area contributed by atoms with E-state index in [1.54, 1.807) is 19.4 Å². The van der Waals surface area contributed by atoms with E-state index in [9.17, 15) is 9.59 Å². The third kappa shape index (κ3) is 2.57. The third-order valence-corrected chi connectivity index (χ3v) is 3.08. The van der Waals surface area contributed by atoms with Gasteiger partial charge in [0.15, 0.2) is 10.7 Å². The van der Waals surface area contributed by atoms with Gasteiger partial charge in [0, 0.05) is 24.5 Å². The van der Waals surface area contributed by atoms with Gasteiger partial charge in [0.25, 0.3) is 5.91 Å². The molecule has 6 nitrogen and oxygen atoms in total. The molecule has 0 atom stereocenters. The van der Waals surface area contributed by atoms with Crippen molar-refractivity contribution in [1.29, 1.82) is 0 Å². The lowest BCUT2D eigenvalue weighted by atomic mass is 10.3. The minimum atomic E-state index is -1.14. The predicted octanol–water partition coefficient (Wildman–Crippen LogP) is 1.71. The number of thiazole rings is 1. The van der Waals surface area contributed by atoms with Crippen LogP contribution in [0.25, 0.3) is 0 Å². The molecule has 0 aliphatic rings. The Labute approximate surface area is 106 Å². The first-order valence-corrected chi connectivity index (χ1v) is 5.91. The Morgan fingerprint density at radius 3 is 2.89 bits per heavy atom. The Morgan fingerprint density at radius 1 is 1.56 bits per heavy atom. The van der Waals surface area contributed by atoms with E-state index in [-0.39, 0.29) is 16.6 Å². The maximum Gasteiger partial charge on any atom is 0.355 e. The molecule has 2 aromatic rings. The van der Waals surface area contributed by atoms with Crippen molar-refractivity contribution in [2.75, 3.05) is 7.05 Å². The molecule has 0 aromatic carbocycles. The fourth-order valence-electron chi connectivity index (χ4n) is 1.36. The zero-order valence-corrected chi connectivity index (χ0v) is 10.3. The molecule has 0 aliphatic heterocycles. The van der Waals surface area contributed by atoms with Crippen molar-refractivity contribution in [2.45, 2.75) is 6.54 Å². The molecule has 18 heavy (non-hydrogen) atoms. The van der Waals surface area contributed by atoms with Crippen LogP contribution in [0, 0.1) is 0 Å². The number of aromatic carboxylic acids is 1. The summed E-state index contributed by atoms with van der Waals surface area (Å²) >= 11 is 1.02.